The maximum Gasteiger partial charge on any atom is 0.348 e. The number of carbonyl (C=O) groups is 2. The lowest BCUT2D eigenvalue weighted by Crippen LogP contribution is -2.40. The van der Waals surface area contributed by atoms with Crippen LogP contribution < -0.4 is 10.1 Å². The monoisotopic (exact) mass is 504 g/mol. The Morgan fingerprint density at radius 2 is 1.88 bits per heavy atom. The highest BCUT2D eigenvalue weighted by atomic mass is 32.2. The van der Waals surface area contributed by atoms with E-state index < -0.39 is 16.0 Å². The third-order valence-electron chi connectivity index (χ3n) is 5.30. The summed E-state index contributed by atoms with van der Waals surface area (Å²) in [5.41, 5.74) is 1.18. The number of anilines is 1. The first-order valence-corrected chi connectivity index (χ1v) is 12.8. The zero-order valence-corrected chi connectivity index (χ0v) is 20.3. The molecule has 1 aliphatic heterocycles. The molecule has 0 saturated carbocycles. The van der Waals surface area contributed by atoms with E-state index in [9.17, 15) is 18.0 Å². The van der Waals surface area contributed by atoms with Gasteiger partial charge in [0.2, 0.25) is 10.0 Å². The molecule has 1 amide bonds. The Morgan fingerprint density at radius 3 is 2.59 bits per heavy atom. The predicted octanol–water partition coefficient (Wildman–Crippen LogP) is 3.03. The highest BCUT2D eigenvalue weighted by molar-refractivity contribution is 7.89. The number of methoxy groups -OCH3 is 1. The number of hydrogen-bond acceptors (Lipinski definition) is 8. The number of rotatable bonds is 7. The van der Waals surface area contributed by atoms with Crippen LogP contribution in [0.4, 0.5) is 5.69 Å². The molecule has 0 radical (unpaired) electrons. The molecule has 0 aliphatic carbocycles. The van der Waals surface area contributed by atoms with Crippen molar-refractivity contribution in [1.82, 2.24) is 4.31 Å². The summed E-state index contributed by atoms with van der Waals surface area (Å²) in [5.74, 6) is -0.349. The average Bonchev–Trinajstić information content (AvgIpc) is 3.26. The Morgan fingerprint density at radius 1 is 1.12 bits per heavy atom. The van der Waals surface area contributed by atoms with E-state index in [-0.39, 0.29) is 17.4 Å². The maximum absolute atomic E-state index is 12.8. The lowest BCUT2D eigenvalue weighted by atomic mass is 10.2. The third-order valence-corrected chi connectivity index (χ3v) is 8.29. The third kappa shape index (κ3) is 5.22. The van der Waals surface area contributed by atoms with Crippen molar-refractivity contribution in [2.45, 2.75) is 11.8 Å². The van der Waals surface area contributed by atoms with Gasteiger partial charge in [-0.1, -0.05) is 0 Å². The van der Waals surface area contributed by atoms with Gasteiger partial charge in [-0.2, -0.15) is 4.31 Å². The van der Waals surface area contributed by atoms with Crippen LogP contribution in [0.2, 0.25) is 0 Å². The van der Waals surface area contributed by atoms with Gasteiger partial charge in [0.15, 0.2) is 6.61 Å². The molecule has 0 unspecified atom stereocenters. The number of aryl methyl sites for hydroxylation is 1. The first kappa shape index (κ1) is 24.1. The smallest absolute Gasteiger partial charge is 0.348 e. The zero-order valence-electron chi connectivity index (χ0n) is 18.7. The standard InChI is InChI=1S/C23H24N2O7S2/c1-15-11-18(34(28,29)25-7-9-31-10-8-25)4-5-19(15)32-14-22(26)24-17-3-6-20-16(12-17)13-21(33-20)23(27)30-2/h3-6,11-13H,7-10,14H2,1-2H3,(H,24,26). The van der Waals surface area contributed by atoms with E-state index in [1.165, 1.54) is 28.8 Å². The molecule has 1 N–H and O–H groups in total. The fourth-order valence-electron chi connectivity index (χ4n) is 3.54. The Labute approximate surface area is 201 Å². The van der Waals surface area contributed by atoms with E-state index >= 15 is 0 Å². The number of benzene rings is 2. The van der Waals surface area contributed by atoms with Crippen LogP contribution in [0, 0.1) is 6.92 Å². The van der Waals surface area contributed by atoms with Crippen LogP contribution in [0.15, 0.2) is 47.4 Å². The molecule has 1 aromatic heterocycles. The fourth-order valence-corrected chi connectivity index (χ4v) is 6.00. The van der Waals surface area contributed by atoms with Crippen LogP contribution in [0.3, 0.4) is 0 Å². The minimum Gasteiger partial charge on any atom is -0.483 e. The van der Waals surface area contributed by atoms with Gasteiger partial charge in [-0.15, -0.1) is 11.3 Å². The van der Waals surface area contributed by atoms with E-state index in [2.05, 4.69) is 5.32 Å². The Hall–Kier alpha value is -2.99. The molecule has 2 heterocycles. The van der Waals surface area contributed by atoms with Gasteiger partial charge in [0.05, 0.1) is 25.2 Å². The number of nitrogens with one attached hydrogen (secondary N) is 1. The van der Waals surface area contributed by atoms with E-state index in [4.69, 9.17) is 14.2 Å². The Balaban J connectivity index is 1.38. The molecular weight excluding hydrogens is 480 g/mol. The second kappa shape index (κ2) is 10.1. The number of amides is 1. The first-order valence-electron chi connectivity index (χ1n) is 10.5. The highest BCUT2D eigenvalue weighted by Crippen LogP contribution is 2.29. The molecule has 1 fully saturated rings. The highest BCUT2D eigenvalue weighted by Gasteiger charge is 2.26. The lowest BCUT2D eigenvalue weighted by molar-refractivity contribution is -0.118. The van der Waals surface area contributed by atoms with E-state index in [1.54, 1.807) is 37.3 Å². The molecule has 4 rings (SSSR count). The van der Waals surface area contributed by atoms with E-state index in [1.807, 2.05) is 6.07 Å². The number of carbonyl (C=O) groups excluding carboxylic acids is 2. The van der Waals surface area contributed by atoms with Crippen molar-refractivity contribution in [3.05, 3.63) is 52.9 Å². The minimum absolute atomic E-state index is 0.180. The van der Waals surface area contributed by atoms with Crippen LogP contribution in [0.25, 0.3) is 10.1 Å². The number of fused-ring (bicyclic) bond motifs is 1. The number of nitrogens with zero attached hydrogens (tertiary/aromatic N) is 1. The molecule has 180 valence electrons. The molecule has 0 bridgehead atoms. The molecule has 34 heavy (non-hydrogen) atoms. The molecule has 9 nitrogen and oxygen atoms in total. The van der Waals surface area contributed by atoms with Gasteiger partial charge in [-0.25, -0.2) is 13.2 Å². The Bertz CT molecular complexity index is 1330. The first-order chi connectivity index (χ1) is 16.3. The number of esters is 1. The van der Waals surface area contributed by atoms with Crippen molar-refractivity contribution in [3.63, 3.8) is 0 Å². The van der Waals surface area contributed by atoms with Gasteiger partial charge in [0.25, 0.3) is 5.91 Å². The summed E-state index contributed by atoms with van der Waals surface area (Å²) < 4.78 is 43.5. The van der Waals surface area contributed by atoms with Crippen LogP contribution in [-0.2, 0) is 24.3 Å². The molecule has 0 atom stereocenters. The van der Waals surface area contributed by atoms with Gasteiger partial charge in [-0.05, 0) is 60.3 Å². The second-order valence-electron chi connectivity index (χ2n) is 7.64. The summed E-state index contributed by atoms with van der Waals surface area (Å²) in [4.78, 5) is 24.8. The van der Waals surface area contributed by atoms with Crippen LogP contribution in [0.1, 0.15) is 15.2 Å². The molecule has 0 spiro atoms. The van der Waals surface area contributed by atoms with Gasteiger partial charge in [-0.3, -0.25) is 4.79 Å². The normalized spacial score (nSPS) is 14.6. The maximum atomic E-state index is 12.8. The Kier molecular flexibility index (Phi) is 7.17. The molecule has 11 heteroatoms. The lowest BCUT2D eigenvalue weighted by Gasteiger charge is -2.26. The average molecular weight is 505 g/mol. The molecule has 1 aliphatic rings. The summed E-state index contributed by atoms with van der Waals surface area (Å²) in [7, 11) is -2.28. The summed E-state index contributed by atoms with van der Waals surface area (Å²) >= 11 is 1.31. The molecular formula is C23H24N2O7S2. The number of hydrogen-bond donors (Lipinski definition) is 1. The number of sulfonamides is 1. The number of thiophene rings is 1. The van der Waals surface area contributed by atoms with Crippen molar-refractivity contribution < 1.29 is 32.2 Å². The quantitative estimate of drug-likeness (QED) is 0.492. The summed E-state index contributed by atoms with van der Waals surface area (Å²) in [5, 5.41) is 3.58. The van der Waals surface area contributed by atoms with Crippen molar-refractivity contribution in [2.24, 2.45) is 0 Å². The van der Waals surface area contributed by atoms with Crippen molar-refractivity contribution >= 4 is 49.0 Å². The molecule has 2 aromatic carbocycles. The van der Waals surface area contributed by atoms with Crippen LogP contribution in [0.5, 0.6) is 5.75 Å². The topological polar surface area (TPSA) is 111 Å². The van der Waals surface area contributed by atoms with Gasteiger partial charge < -0.3 is 19.5 Å². The van der Waals surface area contributed by atoms with E-state index in [0.717, 1.165) is 10.1 Å². The summed E-state index contributed by atoms with van der Waals surface area (Å²) in [6, 6.07) is 11.6. The molecule has 3 aromatic rings. The number of morpholine rings is 1. The zero-order chi connectivity index (χ0) is 24.3. The SMILES string of the molecule is COC(=O)c1cc2cc(NC(=O)COc3ccc(S(=O)(=O)N4CCOCC4)cc3C)ccc2s1. The van der Waals surface area contributed by atoms with Crippen LogP contribution in [-0.4, -0.2) is 64.6 Å². The molecule has 1 saturated heterocycles. The van der Waals surface area contributed by atoms with Crippen molar-refractivity contribution in [3.8, 4) is 5.75 Å². The van der Waals surface area contributed by atoms with Gasteiger partial charge in [0, 0.05) is 23.5 Å². The van der Waals surface area contributed by atoms with Crippen molar-refractivity contribution in [2.75, 3.05) is 45.3 Å². The minimum atomic E-state index is -3.61. The van der Waals surface area contributed by atoms with Crippen molar-refractivity contribution in [1.29, 1.82) is 0 Å². The predicted molar refractivity (Wildman–Crippen MR) is 128 cm³/mol. The largest absolute Gasteiger partial charge is 0.483 e. The number of ether oxygens (including phenoxy) is 3. The second-order valence-corrected chi connectivity index (χ2v) is 10.7. The fraction of sp³-hybridized carbons (Fsp3) is 0.304. The summed E-state index contributed by atoms with van der Waals surface area (Å²) in [6.07, 6.45) is 0. The van der Waals surface area contributed by atoms with Gasteiger partial charge in [0.1, 0.15) is 10.6 Å². The van der Waals surface area contributed by atoms with E-state index in [0.29, 0.717) is 48.2 Å². The summed E-state index contributed by atoms with van der Waals surface area (Å²) in [6.45, 7) is 2.88. The van der Waals surface area contributed by atoms with Gasteiger partial charge >= 0.3 is 5.97 Å². The van der Waals surface area contributed by atoms with Crippen LogP contribution >= 0.6 is 11.3 Å².